The third-order valence-electron chi connectivity index (χ3n) is 13.3. The first-order valence-corrected chi connectivity index (χ1v) is 25.4. The monoisotopic (exact) mass is 1040 g/mol. The van der Waals surface area contributed by atoms with Crippen LogP contribution in [0, 0.1) is 0 Å². The Morgan fingerprint density at radius 3 is 2.32 bits per heavy atom. The summed E-state index contributed by atoms with van der Waals surface area (Å²) in [7, 11) is 1.86. The van der Waals surface area contributed by atoms with Crippen LogP contribution in [0.2, 0.25) is 0 Å². The lowest BCUT2D eigenvalue weighted by Gasteiger charge is -2.34. The van der Waals surface area contributed by atoms with E-state index in [-0.39, 0.29) is 42.9 Å². The molecule has 25 nitrogen and oxygen atoms in total. The number of amides is 3. The smallest absolute Gasteiger partial charge is 0.275 e. The zero-order chi connectivity index (χ0) is 52.2. The highest BCUT2D eigenvalue weighted by Crippen LogP contribution is 2.24. The number of rotatable bonds is 23. The predicted molar refractivity (Wildman–Crippen MR) is 276 cm³/mol. The number of aromatic nitrogens is 11. The lowest BCUT2D eigenvalue weighted by molar-refractivity contribution is -0.139. The highest BCUT2D eigenvalue weighted by molar-refractivity contribution is 5.99. The van der Waals surface area contributed by atoms with Crippen LogP contribution in [-0.2, 0) is 58.2 Å². The van der Waals surface area contributed by atoms with Crippen molar-refractivity contribution >= 4 is 51.4 Å². The second kappa shape index (κ2) is 24.8. The molecular weight excluding hydrogens is 981 g/mol. The third kappa shape index (κ3) is 13.0. The van der Waals surface area contributed by atoms with E-state index in [4.69, 9.17) is 33.7 Å². The maximum Gasteiger partial charge on any atom is 0.275 e. The Kier molecular flexibility index (Phi) is 16.9. The highest BCUT2D eigenvalue weighted by Gasteiger charge is 2.30. The molecule has 0 bridgehead atoms. The van der Waals surface area contributed by atoms with E-state index in [9.17, 15) is 19.2 Å². The number of anilines is 2. The van der Waals surface area contributed by atoms with Crippen LogP contribution in [0.25, 0.3) is 44.5 Å². The Morgan fingerprint density at radius 1 is 0.803 bits per heavy atom. The number of hydrogen-bond donors (Lipinski definition) is 2. The van der Waals surface area contributed by atoms with E-state index in [1.165, 1.54) is 5.56 Å². The third-order valence-corrected chi connectivity index (χ3v) is 13.3. The molecule has 0 spiro atoms. The molecule has 3 saturated heterocycles. The zero-order valence-electron chi connectivity index (χ0n) is 42.2. The summed E-state index contributed by atoms with van der Waals surface area (Å²) in [4.78, 5) is 74.6. The molecule has 3 aliphatic rings. The summed E-state index contributed by atoms with van der Waals surface area (Å²) in [5.74, 6) is -0.245. The molecule has 76 heavy (non-hydrogen) atoms. The van der Waals surface area contributed by atoms with Crippen molar-refractivity contribution in [3.63, 3.8) is 0 Å². The fraction of sp³-hybridized carbons (Fsp3) is 0.451. The molecule has 2 aromatic carbocycles. The Bertz CT molecular complexity index is 3160. The minimum absolute atomic E-state index is 0.0177. The quantitative estimate of drug-likeness (QED) is 0.0679. The van der Waals surface area contributed by atoms with Gasteiger partial charge in [-0.05, 0) is 35.7 Å². The summed E-state index contributed by atoms with van der Waals surface area (Å²) in [6.07, 6.45) is 10.8. The summed E-state index contributed by atoms with van der Waals surface area (Å²) in [6, 6.07) is 13.0. The van der Waals surface area contributed by atoms with Crippen molar-refractivity contribution in [2.24, 2.45) is 7.05 Å². The van der Waals surface area contributed by atoms with Crippen molar-refractivity contribution in [3.05, 3.63) is 95.6 Å². The van der Waals surface area contributed by atoms with E-state index >= 15 is 0 Å². The molecule has 3 aliphatic heterocycles. The lowest BCUT2D eigenvalue weighted by atomic mass is 10.1. The maximum atomic E-state index is 13.0. The van der Waals surface area contributed by atoms with Gasteiger partial charge in [0.1, 0.15) is 12.6 Å². The van der Waals surface area contributed by atoms with Crippen molar-refractivity contribution in [1.82, 2.24) is 69.6 Å². The van der Waals surface area contributed by atoms with Gasteiger partial charge in [-0.15, -0.1) is 5.10 Å². The number of piperidine rings is 1. The number of morpholine rings is 1. The second-order valence-corrected chi connectivity index (χ2v) is 18.6. The Hall–Kier alpha value is -7.68. The van der Waals surface area contributed by atoms with Gasteiger partial charge in [0, 0.05) is 107 Å². The van der Waals surface area contributed by atoms with Crippen molar-refractivity contribution in [2.75, 3.05) is 115 Å². The molecule has 10 rings (SSSR count). The topological polar surface area (TPSA) is 266 Å². The Morgan fingerprint density at radius 2 is 1.57 bits per heavy atom. The van der Waals surface area contributed by atoms with E-state index < -0.39 is 11.9 Å². The molecule has 25 heteroatoms. The summed E-state index contributed by atoms with van der Waals surface area (Å²) in [5, 5.41) is 23.6. The number of carbonyl (C=O) groups excluding carboxylic acids is 3. The van der Waals surface area contributed by atoms with E-state index in [1.807, 2.05) is 36.6 Å². The summed E-state index contributed by atoms with van der Waals surface area (Å²) >= 11 is 0. The van der Waals surface area contributed by atoms with Crippen LogP contribution in [0.3, 0.4) is 0 Å². The Balaban J connectivity index is 0.549. The molecule has 3 fully saturated rings. The van der Waals surface area contributed by atoms with Gasteiger partial charge in [-0.3, -0.25) is 34.1 Å². The van der Waals surface area contributed by atoms with Gasteiger partial charge in [0.05, 0.1) is 95.2 Å². The number of aryl methyl sites for hydroxylation is 1. The second-order valence-electron chi connectivity index (χ2n) is 18.6. The normalized spacial score (nSPS) is 17.4. The zero-order valence-corrected chi connectivity index (χ0v) is 42.2. The molecule has 7 aromatic rings. The van der Waals surface area contributed by atoms with Gasteiger partial charge in [-0.1, -0.05) is 29.5 Å². The van der Waals surface area contributed by atoms with Gasteiger partial charge in [0.2, 0.25) is 23.4 Å². The summed E-state index contributed by atoms with van der Waals surface area (Å²) in [6.45, 7) is 9.21. The minimum Gasteiger partial charge on any atom is -0.383 e. The number of carbonyl (C=O) groups is 3. The van der Waals surface area contributed by atoms with Crippen LogP contribution >= 0.6 is 0 Å². The first-order chi connectivity index (χ1) is 37.2. The number of benzene rings is 2. The molecule has 398 valence electrons. The van der Waals surface area contributed by atoms with Crippen LogP contribution in [0.4, 0.5) is 11.6 Å². The lowest BCUT2D eigenvalue weighted by Crippen LogP contribution is -2.49. The van der Waals surface area contributed by atoms with E-state index in [2.05, 4.69) is 75.2 Å². The van der Waals surface area contributed by atoms with Crippen LogP contribution < -0.4 is 21.1 Å². The number of hydrogen-bond acceptors (Lipinski definition) is 20. The number of piperazine rings is 1. The molecule has 0 saturated carbocycles. The largest absolute Gasteiger partial charge is 0.383 e. The molecule has 0 aliphatic carbocycles. The predicted octanol–water partition coefficient (Wildman–Crippen LogP) is 1.49. The number of imide groups is 1. The van der Waals surface area contributed by atoms with E-state index in [0.717, 1.165) is 46.7 Å². The average molecular weight is 1040 g/mol. The fourth-order valence-corrected chi connectivity index (χ4v) is 9.22. The fourth-order valence-electron chi connectivity index (χ4n) is 9.22. The minimum atomic E-state index is -0.808. The van der Waals surface area contributed by atoms with E-state index in [0.29, 0.717) is 126 Å². The van der Waals surface area contributed by atoms with Crippen molar-refractivity contribution in [2.45, 2.75) is 38.1 Å². The molecule has 2 N–H and O–H groups in total. The first-order valence-electron chi connectivity index (χ1n) is 25.4. The average Bonchev–Trinajstić information content (AvgIpc) is 4.07. The van der Waals surface area contributed by atoms with Gasteiger partial charge in [0.25, 0.3) is 11.5 Å². The number of fused-ring (bicyclic) bond motifs is 2. The van der Waals surface area contributed by atoms with Crippen LogP contribution in [0.1, 0.15) is 24.4 Å². The number of nitrogens with one attached hydrogen (secondary N) is 2. The summed E-state index contributed by atoms with van der Waals surface area (Å²) < 4.78 is 33.2. The molecule has 8 heterocycles. The van der Waals surface area contributed by atoms with Gasteiger partial charge >= 0.3 is 0 Å². The summed E-state index contributed by atoms with van der Waals surface area (Å²) in [5.41, 5.74) is 6.18. The number of ether oxygens (including phenoxy) is 5. The molecule has 5 aromatic heterocycles. The molecule has 3 amide bonds. The van der Waals surface area contributed by atoms with Gasteiger partial charge < -0.3 is 38.8 Å². The molecule has 1 unspecified atom stereocenters. The van der Waals surface area contributed by atoms with Gasteiger partial charge in [-0.25, -0.2) is 29.3 Å². The maximum absolute atomic E-state index is 13.0. The van der Waals surface area contributed by atoms with Crippen LogP contribution in [-0.4, -0.2) is 193 Å². The van der Waals surface area contributed by atoms with Crippen LogP contribution in [0.15, 0.2) is 84.4 Å². The SMILES string of the molecule is Cn1cc(-c2cnc3c(nnn3C[C@@H]3CN(c4ncc(-c5ccc(CN6CCN(C(=O)COCCOCCOCCOCCNc7ccc8c(=O)n(C9CCC(=O)NC9=O)ncc8c7)CC6)cc5)cn4)CCO3)n2)cn1. The van der Waals surface area contributed by atoms with Crippen molar-refractivity contribution in [3.8, 4) is 22.4 Å². The Labute approximate surface area is 436 Å². The van der Waals surface area contributed by atoms with Crippen molar-refractivity contribution < 1.29 is 38.1 Å². The van der Waals surface area contributed by atoms with Crippen molar-refractivity contribution in [1.29, 1.82) is 0 Å². The molecule has 0 radical (unpaired) electrons. The van der Waals surface area contributed by atoms with Gasteiger partial charge in [0.15, 0.2) is 5.65 Å². The van der Waals surface area contributed by atoms with Gasteiger partial charge in [-0.2, -0.15) is 10.2 Å². The van der Waals surface area contributed by atoms with Crippen LogP contribution in [0.5, 0.6) is 0 Å². The first kappa shape index (κ1) is 51.8. The highest BCUT2D eigenvalue weighted by atomic mass is 16.6. The van der Waals surface area contributed by atoms with E-state index in [1.54, 1.807) is 40.1 Å². The standard InChI is InChI=1S/C51H60N16O9/c1-62-31-39(28-56-62)43-29-53-48-47(58-43)60-61-66(48)33-41-32-65(15-17-76-41)51-54-25-38(26-55-51)36-4-2-35(3-5-36)30-63-11-13-64(14-12-63)46(69)34-75-23-22-74-21-20-73-19-18-72-16-10-52-40-6-7-42-37(24-40)27-57-67(50(42)71)44-8-9-45(68)59-49(44)70/h2-7,24-29,31,41,44,52H,8-23,30,32-34H2,1H3,(H,59,68,70)/t41-,44?/m0/s1. The molecular formula is C51H60N16O9. The molecule has 2 atom stereocenters. The number of nitrogens with zero attached hydrogens (tertiary/aromatic N) is 14.